The second kappa shape index (κ2) is 4.77. The molecule has 0 saturated carbocycles. The summed E-state index contributed by atoms with van der Waals surface area (Å²) < 4.78 is 8.99. The lowest BCUT2D eigenvalue weighted by Gasteiger charge is -2.07. The Morgan fingerprint density at radius 1 is 1.70 bits per heavy atom. The highest BCUT2D eigenvalue weighted by molar-refractivity contribution is 5.74. The first kappa shape index (κ1) is 8.92. The third-order valence-corrected chi connectivity index (χ3v) is 1.03. The average molecular weight is 143 g/mol. The number of carbonyl (C=O) groups excluding carboxylic acids is 1. The maximum absolute atomic E-state index is 10.6. The molecule has 0 rings (SSSR count). The molecular weight excluding hydrogens is 134 g/mol. The quantitative estimate of drug-likeness (QED) is 0.525. The van der Waals surface area contributed by atoms with E-state index in [-0.39, 0.29) is 6.42 Å². The molecule has 0 aliphatic heterocycles. The predicted molar refractivity (Wildman–Crippen MR) is 33.0 cm³/mol. The van der Waals surface area contributed by atoms with Crippen LogP contribution in [-0.4, -0.2) is 26.3 Å². The number of nitrogens with zero attached hydrogens (tertiary/aromatic N) is 1. The lowest BCUT2D eigenvalue weighted by Crippen LogP contribution is -2.23. The predicted octanol–water partition coefficient (Wildman–Crippen LogP) is 0.0881. The van der Waals surface area contributed by atoms with Crippen molar-refractivity contribution in [2.75, 3.05) is 14.2 Å². The van der Waals surface area contributed by atoms with Crippen molar-refractivity contribution in [1.82, 2.24) is 0 Å². The molecule has 1 unspecified atom stereocenters. The van der Waals surface area contributed by atoms with E-state index in [1.165, 1.54) is 14.2 Å². The lowest BCUT2D eigenvalue weighted by molar-refractivity contribution is -0.151. The highest BCUT2D eigenvalue weighted by Crippen LogP contribution is 1.97. The van der Waals surface area contributed by atoms with Crippen LogP contribution in [0.3, 0.4) is 0 Å². The van der Waals surface area contributed by atoms with E-state index in [4.69, 9.17) is 5.26 Å². The normalized spacial score (nSPS) is 11.7. The van der Waals surface area contributed by atoms with Crippen molar-refractivity contribution >= 4 is 5.97 Å². The summed E-state index contributed by atoms with van der Waals surface area (Å²) in [6.45, 7) is 0. The molecule has 0 aliphatic carbocycles. The molecule has 1 atom stereocenters. The topological polar surface area (TPSA) is 59.3 Å². The number of carbonyl (C=O) groups is 1. The van der Waals surface area contributed by atoms with Gasteiger partial charge in [0, 0.05) is 7.11 Å². The van der Waals surface area contributed by atoms with E-state index in [0.717, 1.165) is 0 Å². The Bertz CT molecular complexity index is 150. The van der Waals surface area contributed by atoms with Crippen LogP contribution in [0.4, 0.5) is 0 Å². The largest absolute Gasteiger partial charge is 0.467 e. The van der Waals surface area contributed by atoms with Crippen LogP contribution in [0, 0.1) is 11.3 Å². The van der Waals surface area contributed by atoms with Gasteiger partial charge >= 0.3 is 5.97 Å². The Balaban J connectivity index is 3.83. The van der Waals surface area contributed by atoms with Crippen LogP contribution in [0.5, 0.6) is 0 Å². The fraction of sp³-hybridized carbons (Fsp3) is 0.667. The first-order valence-corrected chi connectivity index (χ1v) is 2.73. The van der Waals surface area contributed by atoms with Crippen LogP contribution < -0.4 is 0 Å². The number of nitriles is 1. The van der Waals surface area contributed by atoms with Gasteiger partial charge in [-0.2, -0.15) is 5.26 Å². The lowest BCUT2D eigenvalue weighted by atomic mass is 10.3. The molecule has 0 saturated heterocycles. The zero-order chi connectivity index (χ0) is 7.98. The van der Waals surface area contributed by atoms with Gasteiger partial charge in [0.1, 0.15) is 0 Å². The van der Waals surface area contributed by atoms with Crippen LogP contribution in [-0.2, 0) is 14.3 Å². The second-order valence-electron chi connectivity index (χ2n) is 1.61. The number of hydrogen-bond donors (Lipinski definition) is 0. The third-order valence-electron chi connectivity index (χ3n) is 1.03. The zero-order valence-electron chi connectivity index (χ0n) is 5.96. The highest BCUT2D eigenvalue weighted by Gasteiger charge is 2.16. The summed E-state index contributed by atoms with van der Waals surface area (Å²) in [5.41, 5.74) is 0. The Morgan fingerprint density at radius 3 is 2.60 bits per heavy atom. The summed E-state index contributed by atoms with van der Waals surface area (Å²) in [6.07, 6.45) is -0.710. The van der Waals surface area contributed by atoms with Gasteiger partial charge in [-0.25, -0.2) is 4.79 Å². The maximum atomic E-state index is 10.6. The van der Waals surface area contributed by atoms with E-state index in [2.05, 4.69) is 9.47 Å². The fourth-order valence-electron chi connectivity index (χ4n) is 0.477. The van der Waals surface area contributed by atoms with Gasteiger partial charge < -0.3 is 9.47 Å². The number of rotatable bonds is 3. The first-order chi connectivity index (χ1) is 4.76. The summed E-state index contributed by atoms with van der Waals surface area (Å²) in [5.74, 6) is -0.510. The minimum Gasteiger partial charge on any atom is -0.467 e. The van der Waals surface area contributed by atoms with E-state index in [1.807, 2.05) is 6.07 Å². The number of hydrogen-bond acceptors (Lipinski definition) is 4. The molecule has 0 aromatic carbocycles. The Kier molecular flexibility index (Phi) is 4.25. The molecular formula is C6H9NO3. The molecule has 4 heteroatoms. The SMILES string of the molecule is COC(=O)C(CC#N)OC. The highest BCUT2D eigenvalue weighted by atomic mass is 16.6. The second-order valence-corrected chi connectivity index (χ2v) is 1.61. The molecule has 0 fully saturated rings. The molecule has 0 N–H and O–H groups in total. The minimum absolute atomic E-state index is 0.0309. The molecule has 10 heavy (non-hydrogen) atoms. The van der Waals surface area contributed by atoms with Crippen LogP contribution in [0.25, 0.3) is 0 Å². The van der Waals surface area contributed by atoms with Gasteiger partial charge in [-0.15, -0.1) is 0 Å². The van der Waals surface area contributed by atoms with E-state index < -0.39 is 12.1 Å². The van der Waals surface area contributed by atoms with Gasteiger partial charge in [0.15, 0.2) is 6.10 Å². The third kappa shape index (κ3) is 2.46. The summed E-state index contributed by atoms with van der Waals surface area (Å²) in [4.78, 5) is 10.6. The summed E-state index contributed by atoms with van der Waals surface area (Å²) in [5, 5.41) is 8.17. The van der Waals surface area contributed by atoms with Crippen molar-refractivity contribution in [2.24, 2.45) is 0 Å². The Morgan fingerprint density at radius 2 is 2.30 bits per heavy atom. The van der Waals surface area contributed by atoms with Gasteiger partial charge in [0.05, 0.1) is 19.6 Å². The van der Waals surface area contributed by atoms with E-state index in [1.54, 1.807) is 0 Å². The van der Waals surface area contributed by atoms with Crippen LogP contribution in [0.1, 0.15) is 6.42 Å². The van der Waals surface area contributed by atoms with Gasteiger partial charge in [0.25, 0.3) is 0 Å². The maximum Gasteiger partial charge on any atom is 0.336 e. The molecule has 0 bridgehead atoms. The van der Waals surface area contributed by atoms with Crippen molar-refractivity contribution in [1.29, 1.82) is 5.26 Å². The Hall–Kier alpha value is -1.08. The van der Waals surface area contributed by atoms with Gasteiger partial charge in [-0.3, -0.25) is 0 Å². The Labute approximate surface area is 59.3 Å². The molecule has 0 aliphatic rings. The standard InChI is InChI=1S/C6H9NO3/c1-9-5(3-4-7)6(8)10-2/h5H,3H2,1-2H3. The smallest absolute Gasteiger partial charge is 0.336 e. The molecule has 0 aromatic heterocycles. The van der Waals surface area contributed by atoms with Crippen molar-refractivity contribution in [3.8, 4) is 6.07 Å². The summed E-state index contributed by atoms with van der Waals surface area (Å²) in [7, 11) is 2.62. The van der Waals surface area contributed by atoms with Gasteiger partial charge in [-0.05, 0) is 0 Å². The van der Waals surface area contributed by atoms with Crippen molar-refractivity contribution in [2.45, 2.75) is 12.5 Å². The van der Waals surface area contributed by atoms with Crippen LogP contribution >= 0.6 is 0 Å². The van der Waals surface area contributed by atoms with Crippen molar-refractivity contribution in [3.63, 3.8) is 0 Å². The van der Waals surface area contributed by atoms with Gasteiger partial charge in [0.2, 0.25) is 0 Å². The zero-order valence-corrected chi connectivity index (χ0v) is 5.96. The van der Waals surface area contributed by atoms with Crippen molar-refractivity contribution in [3.05, 3.63) is 0 Å². The molecule has 0 aromatic rings. The summed E-state index contributed by atoms with van der Waals surface area (Å²) in [6, 6.07) is 1.81. The van der Waals surface area contributed by atoms with Gasteiger partial charge in [-0.1, -0.05) is 0 Å². The van der Waals surface area contributed by atoms with E-state index >= 15 is 0 Å². The van der Waals surface area contributed by atoms with Crippen LogP contribution in [0.2, 0.25) is 0 Å². The number of esters is 1. The summed E-state index contributed by atoms with van der Waals surface area (Å²) >= 11 is 0. The van der Waals surface area contributed by atoms with Crippen LogP contribution in [0.15, 0.2) is 0 Å². The molecule has 0 radical (unpaired) electrons. The number of methoxy groups -OCH3 is 2. The molecule has 56 valence electrons. The van der Waals surface area contributed by atoms with E-state index in [9.17, 15) is 4.79 Å². The number of ether oxygens (including phenoxy) is 2. The minimum atomic E-state index is -0.741. The fourth-order valence-corrected chi connectivity index (χ4v) is 0.477. The molecule has 0 heterocycles. The molecule has 0 spiro atoms. The molecule has 0 amide bonds. The first-order valence-electron chi connectivity index (χ1n) is 2.73. The monoisotopic (exact) mass is 143 g/mol. The average Bonchev–Trinajstić information content (AvgIpc) is 1.99. The van der Waals surface area contributed by atoms with E-state index in [0.29, 0.717) is 0 Å². The molecule has 4 nitrogen and oxygen atoms in total. The van der Waals surface area contributed by atoms with Crippen molar-refractivity contribution < 1.29 is 14.3 Å².